The summed E-state index contributed by atoms with van der Waals surface area (Å²) in [6.07, 6.45) is 1.91. The van der Waals surface area contributed by atoms with Crippen molar-refractivity contribution in [3.05, 3.63) is 64.9 Å². The smallest absolute Gasteiger partial charge is 0.340 e. The first kappa shape index (κ1) is 20.0. The van der Waals surface area contributed by atoms with Crippen molar-refractivity contribution in [1.29, 1.82) is 0 Å². The molecule has 0 aliphatic rings. The minimum absolute atomic E-state index is 0.0981. The number of halogens is 1. The highest BCUT2D eigenvalue weighted by Crippen LogP contribution is 2.32. The first-order valence-corrected chi connectivity index (χ1v) is 9.94. The lowest BCUT2D eigenvalue weighted by atomic mass is 10.1. The standard InChI is InChI=1S/C23H22ClN3O3/c1-14(28)13-27-10-9-15-7-8-16(11-19(15)27)25-12-20-22(23(29)30-3)21-17(24)5-4-6-18(21)26(20)2/h4-11,25H,12-13H2,1-3H3. The number of aromatic nitrogens is 2. The Morgan fingerprint density at radius 3 is 2.67 bits per heavy atom. The van der Waals surface area contributed by atoms with Crippen LogP contribution in [0, 0.1) is 0 Å². The van der Waals surface area contributed by atoms with E-state index in [0.29, 0.717) is 29.1 Å². The number of hydrogen-bond donors (Lipinski definition) is 1. The van der Waals surface area contributed by atoms with Crippen molar-refractivity contribution >= 4 is 50.8 Å². The van der Waals surface area contributed by atoms with Crippen LogP contribution in [0.2, 0.25) is 5.02 Å². The Hall–Kier alpha value is -3.25. The maximum Gasteiger partial charge on any atom is 0.340 e. The molecule has 0 radical (unpaired) electrons. The zero-order valence-electron chi connectivity index (χ0n) is 17.0. The van der Waals surface area contributed by atoms with Crippen LogP contribution in [0.1, 0.15) is 23.0 Å². The third-order valence-corrected chi connectivity index (χ3v) is 5.63. The van der Waals surface area contributed by atoms with Gasteiger partial charge in [-0.3, -0.25) is 4.79 Å². The molecule has 30 heavy (non-hydrogen) atoms. The highest BCUT2D eigenvalue weighted by atomic mass is 35.5. The van der Waals surface area contributed by atoms with Crippen molar-refractivity contribution in [2.45, 2.75) is 20.0 Å². The topological polar surface area (TPSA) is 65.3 Å². The van der Waals surface area contributed by atoms with Gasteiger partial charge < -0.3 is 19.2 Å². The van der Waals surface area contributed by atoms with Crippen molar-refractivity contribution in [3.8, 4) is 0 Å². The van der Waals surface area contributed by atoms with E-state index in [1.54, 1.807) is 13.0 Å². The van der Waals surface area contributed by atoms with Gasteiger partial charge in [0.2, 0.25) is 0 Å². The Kier molecular flexibility index (Phi) is 5.26. The molecule has 0 atom stereocenters. The van der Waals surface area contributed by atoms with Gasteiger partial charge in [0.25, 0.3) is 0 Å². The van der Waals surface area contributed by atoms with E-state index < -0.39 is 5.97 Å². The molecule has 0 bridgehead atoms. The summed E-state index contributed by atoms with van der Waals surface area (Å²) >= 11 is 6.41. The molecule has 2 aromatic heterocycles. The van der Waals surface area contributed by atoms with Crippen LogP contribution in [0.15, 0.2) is 48.7 Å². The molecule has 0 unspecified atom stereocenters. The number of methoxy groups -OCH3 is 1. The second-order valence-electron chi connectivity index (χ2n) is 7.28. The van der Waals surface area contributed by atoms with Gasteiger partial charge in [-0.2, -0.15) is 0 Å². The number of aryl methyl sites for hydroxylation is 1. The van der Waals surface area contributed by atoms with Crippen LogP contribution in [-0.2, 0) is 29.7 Å². The lowest BCUT2D eigenvalue weighted by molar-refractivity contribution is -0.117. The third kappa shape index (κ3) is 3.44. The molecular formula is C23H22ClN3O3. The van der Waals surface area contributed by atoms with Crippen molar-refractivity contribution in [2.24, 2.45) is 7.05 Å². The Labute approximate surface area is 179 Å². The highest BCUT2D eigenvalue weighted by Gasteiger charge is 2.23. The van der Waals surface area contributed by atoms with E-state index >= 15 is 0 Å². The van der Waals surface area contributed by atoms with Crippen molar-refractivity contribution in [2.75, 3.05) is 12.4 Å². The van der Waals surface area contributed by atoms with Crippen LogP contribution in [0.5, 0.6) is 0 Å². The first-order chi connectivity index (χ1) is 14.4. The second-order valence-corrected chi connectivity index (χ2v) is 7.69. The Morgan fingerprint density at radius 1 is 1.13 bits per heavy atom. The van der Waals surface area contributed by atoms with Crippen molar-refractivity contribution < 1.29 is 14.3 Å². The average molecular weight is 424 g/mol. The van der Waals surface area contributed by atoms with E-state index in [4.69, 9.17) is 16.3 Å². The number of fused-ring (bicyclic) bond motifs is 2. The average Bonchev–Trinajstić information content (AvgIpc) is 3.25. The zero-order valence-corrected chi connectivity index (χ0v) is 17.8. The summed E-state index contributed by atoms with van der Waals surface area (Å²) in [5, 5.41) is 5.66. The minimum Gasteiger partial charge on any atom is -0.465 e. The first-order valence-electron chi connectivity index (χ1n) is 9.57. The molecule has 0 saturated heterocycles. The quantitative estimate of drug-likeness (QED) is 0.453. The second kappa shape index (κ2) is 7.88. The lowest BCUT2D eigenvalue weighted by Crippen LogP contribution is -2.11. The van der Waals surface area contributed by atoms with E-state index in [0.717, 1.165) is 27.8 Å². The summed E-state index contributed by atoms with van der Waals surface area (Å²) < 4.78 is 8.92. The Balaban J connectivity index is 1.72. The molecule has 0 fully saturated rings. The maximum absolute atomic E-state index is 12.6. The largest absolute Gasteiger partial charge is 0.465 e. The molecule has 0 aliphatic heterocycles. The van der Waals surface area contributed by atoms with Crippen LogP contribution >= 0.6 is 11.6 Å². The number of rotatable bonds is 6. The number of anilines is 1. The minimum atomic E-state index is -0.420. The summed E-state index contributed by atoms with van der Waals surface area (Å²) in [5.41, 5.74) is 3.98. The number of nitrogens with one attached hydrogen (secondary N) is 1. The number of nitrogens with zero attached hydrogens (tertiary/aromatic N) is 2. The van der Waals surface area contributed by atoms with Crippen molar-refractivity contribution in [1.82, 2.24) is 9.13 Å². The van der Waals surface area contributed by atoms with Crippen LogP contribution in [0.3, 0.4) is 0 Å². The Bertz CT molecular complexity index is 1290. The van der Waals surface area contributed by atoms with E-state index in [-0.39, 0.29) is 5.78 Å². The monoisotopic (exact) mass is 423 g/mol. The number of esters is 1. The van der Waals surface area contributed by atoms with Gasteiger partial charge in [-0.15, -0.1) is 0 Å². The molecule has 154 valence electrons. The van der Waals surface area contributed by atoms with Gasteiger partial charge in [0.15, 0.2) is 0 Å². The molecule has 2 heterocycles. The van der Waals surface area contributed by atoms with E-state index in [9.17, 15) is 9.59 Å². The summed E-state index contributed by atoms with van der Waals surface area (Å²) in [6.45, 7) is 2.32. The number of Topliss-reactive ketones (excluding diaryl/α,β-unsaturated/α-hetero) is 1. The molecule has 0 amide bonds. The fraction of sp³-hybridized carbons (Fsp3) is 0.217. The number of carbonyl (C=O) groups is 2. The molecule has 0 spiro atoms. The zero-order chi connectivity index (χ0) is 21.4. The third-order valence-electron chi connectivity index (χ3n) is 5.31. The molecule has 6 nitrogen and oxygen atoms in total. The normalized spacial score (nSPS) is 11.2. The number of hydrogen-bond acceptors (Lipinski definition) is 4. The van der Waals surface area contributed by atoms with Crippen LogP contribution in [-0.4, -0.2) is 28.0 Å². The predicted octanol–water partition coefficient (Wildman–Crippen LogP) is 4.77. The summed E-state index contributed by atoms with van der Waals surface area (Å²) in [6, 6.07) is 13.5. The number of benzene rings is 2. The summed E-state index contributed by atoms with van der Waals surface area (Å²) in [4.78, 5) is 24.1. The van der Waals surface area contributed by atoms with Crippen LogP contribution in [0.4, 0.5) is 5.69 Å². The van der Waals surface area contributed by atoms with Crippen molar-refractivity contribution in [3.63, 3.8) is 0 Å². The lowest BCUT2D eigenvalue weighted by Gasteiger charge is -2.11. The molecular weight excluding hydrogens is 402 g/mol. The van der Waals surface area contributed by atoms with Gasteiger partial charge in [0.1, 0.15) is 5.78 Å². The number of carbonyl (C=O) groups excluding carboxylic acids is 2. The van der Waals surface area contributed by atoms with E-state index in [1.807, 2.05) is 58.8 Å². The molecule has 2 aromatic carbocycles. The molecule has 4 rings (SSSR count). The van der Waals surface area contributed by atoms with Gasteiger partial charge in [-0.05, 0) is 42.6 Å². The summed E-state index contributed by atoms with van der Waals surface area (Å²) in [5.74, 6) is -0.322. The van der Waals surface area contributed by atoms with Crippen LogP contribution < -0.4 is 5.32 Å². The van der Waals surface area contributed by atoms with E-state index in [2.05, 4.69) is 5.32 Å². The van der Waals surface area contributed by atoms with Gasteiger partial charge >= 0.3 is 5.97 Å². The fourth-order valence-electron chi connectivity index (χ4n) is 3.88. The molecule has 0 aliphatic carbocycles. The molecule has 7 heteroatoms. The molecule has 4 aromatic rings. The highest BCUT2D eigenvalue weighted by molar-refractivity contribution is 6.36. The summed E-state index contributed by atoms with van der Waals surface area (Å²) in [7, 11) is 3.27. The predicted molar refractivity (Wildman–Crippen MR) is 119 cm³/mol. The van der Waals surface area contributed by atoms with Gasteiger partial charge in [0.05, 0.1) is 47.5 Å². The Morgan fingerprint density at radius 2 is 1.93 bits per heavy atom. The fourth-order valence-corrected chi connectivity index (χ4v) is 4.15. The van der Waals surface area contributed by atoms with E-state index in [1.165, 1.54) is 7.11 Å². The molecule has 1 N–H and O–H groups in total. The maximum atomic E-state index is 12.6. The SMILES string of the molecule is COC(=O)c1c(CNc2ccc3ccn(CC(C)=O)c3c2)n(C)c2cccc(Cl)c12. The van der Waals surface area contributed by atoms with Gasteiger partial charge in [0, 0.05) is 24.3 Å². The van der Waals surface area contributed by atoms with Crippen LogP contribution in [0.25, 0.3) is 21.8 Å². The number of ether oxygens (including phenoxy) is 1. The molecule has 0 saturated carbocycles. The van der Waals surface area contributed by atoms with Gasteiger partial charge in [-0.25, -0.2) is 4.79 Å². The number of ketones is 1. The van der Waals surface area contributed by atoms with Gasteiger partial charge in [-0.1, -0.05) is 23.7 Å².